The third kappa shape index (κ3) is 5.99. The number of fused-ring (bicyclic) bond motifs is 4. The van der Waals surface area contributed by atoms with E-state index >= 15 is 0 Å². The molecule has 2 aliphatic rings. The summed E-state index contributed by atoms with van der Waals surface area (Å²) in [5.74, 6) is 0.590. The largest absolute Gasteiger partial charge is 0.310 e. The van der Waals surface area contributed by atoms with E-state index in [9.17, 15) is 0 Å². The molecule has 9 aromatic rings. The molecule has 0 bridgehead atoms. The molecule has 0 aliphatic heterocycles. The second-order valence-electron chi connectivity index (χ2n) is 16.6. The quantitative estimate of drug-likeness (QED) is 0.149. The van der Waals surface area contributed by atoms with Crippen molar-refractivity contribution in [2.24, 2.45) is 0 Å². The molecule has 0 radical (unpaired) electrons. The fraction of sp³-hybridized carbons (Fsp3) is 0.119. The first-order valence-electron chi connectivity index (χ1n) is 21.7. The standard InChI is InChI=1S/C59H47N/c1-4-18-42(19-5-1)43-34-38-48(39-35-43)60(57-33-15-12-28-53(57)54-30-17-23-45-22-16-29-50(58(45)54)44-20-6-2-7-21-44)49-40-36-47(37-41-49)59(46-24-8-3-9-25-46)55-31-13-10-26-51(55)52-27-11-14-32-56(52)59/h1,3-5,8-19,22-41,44H,2,6-7,20-21H2. The first-order chi connectivity index (χ1) is 29.8. The van der Waals surface area contributed by atoms with Gasteiger partial charge in [-0.1, -0.05) is 207 Å². The molecule has 1 heteroatoms. The maximum Gasteiger partial charge on any atom is 0.0713 e. The summed E-state index contributed by atoms with van der Waals surface area (Å²) < 4.78 is 0. The molecular weight excluding hydrogens is 723 g/mol. The van der Waals surface area contributed by atoms with Gasteiger partial charge in [0, 0.05) is 16.9 Å². The average molecular weight is 770 g/mol. The highest BCUT2D eigenvalue weighted by molar-refractivity contribution is 6.03. The van der Waals surface area contributed by atoms with Gasteiger partial charge in [-0.15, -0.1) is 0 Å². The van der Waals surface area contributed by atoms with Crippen LogP contribution >= 0.6 is 0 Å². The summed E-state index contributed by atoms with van der Waals surface area (Å²) in [5, 5.41) is 2.72. The van der Waals surface area contributed by atoms with E-state index in [0.29, 0.717) is 5.92 Å². The maximum atomic E-state index is 2.47. The molecule has 0 saturated heterocycles. The smallest absolute Gasteiger partial charge is 0.0713 e. The van der Waals surface area contributed by atoms with Gasteiger partial charge in [-0.2, -0.15) is 0 Å². The molecule has 0 amide bonds. The molecule has 288 valence electrons. The number of para-hydroxylation sites is 1. The Kier molecular flexibility index (Phi) is 9.23. The van der Waals surface area contributed by atoms with Gasteiger partial charge in [0.05, 0.1) is 11.1 Å². The molecule has 9 aromatic carbocycles. The van der Waals surface area contributed by atoms with Crippen molar-refractivity contribution in [3.8, 4) is 33.4 Å². The minimum Gasteiger partial charge on any atom is -0.310 e. The normalized spacial score (nSPS) is 14.4. The zero-order valence-electron chi connectivity index (χ0n) is 33.8. The molecule has 0 atom stereocenters. The Labute approximate surface area is 354 Å². The van der Waals surface area contributed by atoms with Gasteiger partial charge in [0.15, 0.2) is 0 Å². The SMILES string of the molecule is c1ccc(-c2ccc(N(c3ccc(C4(c5ccccc5)c5ccccc5-c5ccccc54)cc3)c3ccccc3-c3cccc4cccc(C5CCCCC5)c34)cc2)cc1. The summed E-state index contributed by atoms with van der Waals surface area (Å²) in [6.07, 6.45) is 6.50. The zero-order valence-corrected chi connectivity index (χ0v) is 33.8. The Hall–Kier alpha value is -6.96. The highest BCUT2D eigenvalue weighted by Gasteiger charge is 2.45. The molecule has 0 spiro atoms. The minimum atomic E-state index is -0.453. The predicted octanol–water partition coefficient (Wildman–Crippen LogP) is 16.1. The van der Waals surface area contributed by atoms with E-state index in [1.807, 2.05) is 0 Å². The fourth-order valence-electron chi connectivity index (χ4n) is 10.7. The van der Waals surface area contributed by atoms with Crippen LogP contribution in [0.2, 0.25) is 0 Å². The van der Waals surface area contributed by atoms with Crippen LogP contribution in [-0.4, -0.2) is 0 Å². The summed E-state index contributed by atoms with van der Waals surface area (Å²) in [6, 6.07) is 81.3. The van der Waals surface area contributed by atoms with Gasteiger partial charge in [0.25, 0.3) is 0 Å². The number of nitrogens with zero attached hydrogens (tertiary/aromatic N) is 1. The third-order valence-corrected chi connectivity index (χ3v) is 13.4. The Morgan fingerprint density at radius 3 is 1.53 bits per heavy atom. The number of rotatable bonds is 8. The second-order valence-corrected chi connectivity index (χ2v) is 16.6. The van der Waals surface area contributed by atoms with E-state index in [1.54, 1.807) is 0 Å². The summed E-state index contributed by atoms with van der Waals surface area (Å²) in [4.78, 5) is 2.47. The lowest BCUT2D eigenvalue weighted by Gasteiger charge is -2.34. The van der Waals surface area contributed by atoms with Crippen molar-refractivity contribution in [1.82, 2.24) is 0 Å². The van der Waals surface area contributed by atoms with Gasteiger partial charge in [0.2, 0.25) is 0 Å². The monoisotopic (exact) mass is 769 g/mol. The van der Waals surface area contributed by atoms with Crippen LogP contribution in [0.25, 0.3) is 44.2 Å². The van der Waals surface area contributed by atoms with Crippen molar-refractivity contribution in [3.63, 3.8) is 0 Å². The van der Waals surface area contributed by atoms with Crippen molar-refractivity contribution >= 4 is 27.8 Å². The van der Waals surface area contributed by atoms with Crippen molar-refractivity contribution in [3.05, 3.63) is 246 Å². The van der Waals surface area contributed by atoms with Crippen molar-refractivity contribution in [2.75, 3.05) is 4.90 Å². The molecule has 60 heavy (non-hydrogen) atoms. The molecule has 11 rings (SSSR count). The van der Waals surface area contributed by atoms with Crippen LogP contribution in [0, 0.1) is 0 Å². The third-order valence-electron chi connectivity index (χ3n) is 13.4. The van der Waals surface area contributed by atoms with Crippen LogP contribution in [0.5, 0.6) is 0 Å². The van der Waals surface area contributed by atoms with Gasteiger partial charge in [-0.3, -0.25) is 0 Å². The summed E-state index contributed by atoms with van der Waals surface area (Å²) in [6.45, 7) is 0. The average Bonchev–Trinajstić information content (AvgIpc) is 3.64. The number of hydrogen-bond acceptors (Lipinski definition) is 1. The zero-order chi connectivity index (χ0) is 39.9. The molecule has 1 nitrogen and oxygen atoms in total. The first-order valence-corrected chi connectivity index (χ1v) is 21.7. The minimum absolute atomic E-state index is 0.453. The Balaban J connectivity index is 1.11. The van der Waals surface area contributed by atoms with Gasteiger partial charge in [-0.05, 0) is 115 Å². The van der Waals surface area contributed by atoms with Crippen molar-refractivity contribution in [2.45, 2.75) is 43.4 Å². The number of benzene rings is 9. The Morgan fingerprint density at radius 2 is 0.867 bits per heavy atom. The molecule has 2 aliphatic carbocycles. The second kappa shape index (κ2) is 15.3. The lowest BCUT2D eigenvalue weighted by atomic mass is 9.68. The lowest BCUT2D eigenvalue weighted by molar-refractivity contribution is 0.445. The molecule has 1 saturated carbocycles. The van der Waals surface area contributed by atoms with Crippen LogP contribution in [0.15, 0.2) is 218 Å². The Bertz CT molecular complexity index is 2890. The topological polar surface area (TPSA) is 3.24 Å². The van der Waals surface area contributed by atoms with E-state index in [2.05, 4.69) is 223 Å². The van der Waals surface area contributed by atoms with E-state index in [0.717, 1.165) is 17.1 Å². The van der Waals surface area contributed by atoms with Crippen LogP contribution in [0.3, 0.4) is 0 Å². The molecule has 0 N–H and O–H groups in total. The van der Waals surface area contributed by atoms with Crippen LogP contribution in [0.4, 0.5) is 17.1 Å². The molecule has 1 fully saturated rings. The lowest BCUT2D eigenvalue weighted by Crippen LogP contribution is -2.28. The predicted molar refractivity (Wildman–Crippen MR) is 253 cm³/mol. The Morgan fingerprint density at radius 1 is 0.367 bits per heavy atom. The molecule has 0 heterocycles. The van der Waals surface area contributed by atoms with Gasteiger partial charge >= 0.3 is 0 Å². The fourth-order valence-corrected chi connectivity index (χ4v) is 10.7. The summed E-state index contributed by atoms with van der Waals surface area (Å²) in [7, 11) is 0. The van der Waals surface area contributed by atoms with Crippen LogP contribution in [-0.2, 0) is 5.41 Å². The first kappa shape index (κ1) is 36.1. The number of hydrogen-bond donors (Lipinski definition) is 0. The highest BCUT2D eigenvalue weighted by atomic mass is 15.1. The van der Waals surface area contributed by atoms with Crippen LogP contribution in [0.1, 0.15) is 65.8 Å². The van der Waals surface area contributed by atoms with E-state index in [4.69, 9.17) is 0 Å². The van der Waals surface area contributed by atoms with Crippen molar-refractivity contribution in [1.29, 1.82) is 0 Å². The maximum absolute atomic E-state index is 2.47. The molecule has 0 unspecified atom stereocenters. The summed E-state index contributed by atoms with van der Waals surface area (Å²) >= 11 is 0. The summed E-state index contributed by atoms with van der Waals surface area (Å²) in [5.41, 5.74) is 17.2. The van der Waals surface area contributed by atoms with Gasteiger partial charge in [0.1, 0.15) is 0 Å². The van der Waals surface area contributed by atoms with Crippen LogP contribution < -0.4 is 4.90 Å². The van der Waals surface area contributed by atoms with E-state index in [1.165, 1.54) is 104 Å². The molecule has 0 aromatic heterocycles. The van der Waals surface area contributed by atoms with Crippen molar-refractivity contribution < 1.29 is 0 Å². The van der Waals surface area contributed by atoms with Gasteiger partial charge < -0.3 is 4.90 Å². The highest BCUT2D eigenvalue weighted by Crippen LogP contribution is 2.56. The molecular formula is C59H47N. The van der Waals surface area contributed by atoms with E-state index in [-0.39, 0.29) is 0 Å². The van der Waals surface area contributed by atoms with E-state index < -0.39 is 5.41 Å². The van der Waals surface area contributed by atoms with Gasteiger partial charge in [-0.25, -0.2) is 0 Å². The number of anilines is 3.